The van der Waals surface area contributed by atoms with Gasteiger partial charge in [-0.25, -0.2) is 0 Å². The Kier molecular flexibility index (Phi) is 4.12. The van der Waals surface area contributed by atoms with Crippen molar-refractivity contribution in [1.29, 1.82) is 0 Å². The van der Waals surface area contributed by atoms with E-state index in [4.69, 9.17) is 4.74 Å². The van der Waals surface area contributed by atoms with Crippen molar-refractivity contribution in [2.75, 3.05) is 20.7 Å². The summed E-state index contributed by atoms with van der Waals surface area (Å²) in [4.78, 5) is 14.3. The Morgan fingerprint density at radius 3 is 2.45 bits per heavy atom. The van der Waals surface area contributed by atoms with Crippen LogP contribution in [0.1, 0.15) is 56.1 Å². The first-order valence-electron chi connectivity index (χ1n) is 7.73. The second kappa shape index (κ2) is 5.45. The summed E-state index contributed by atoms with van der Waals surface area (Å²) in [6, 6.07) is 3.99. The number of carbonyl (C=O) groups is 1. The van der Waals surface area contributed by atoms with E-state index in [1.54, 1.807) is 12.3 Å². The predicted octanol–water partition coefficient (Wildman–Crippen LogP) is 3.91. The summed E-state index contributed by atoms with van der Waals surface area (Å²) in [7, 11) is 3.81. The van der Waals surface area contributed by atoms with Crippen molar-refractivity contribution in [1.82, 2.24) is 4.90 Å². The maximum absolute atomic E-state index is 12.5. The third-order valence-electron chi connectivity index (χ3n) is 4.01. The molecular formula is C19H27NO2. The molecule has 0 N–H and O–H groups in total. The molecule has 0 amide bonds. The van der Waals surface area contributed by atoms with Crippen LogP contribution in [0.5, 0.6) is 5.75 Å². The van der Waals surface area contributed by atoms with Crippen molar-refractivity contribution in [2.45, 2.75) is 45.4 Å². The molecule has 120 valence electrons. The number of ketones is 1. The minimum absolute atomic E-state index is 0.0321. The van der Waals surface area contributed by atoms with Gasteiger partial charge >= 0.3 is 0 Å². The SMILES string of the molecule is CN(C)/C=C/C(=O)c1cc(C(C)(C)C)c2c(c1)C(C)(C)CO2. The Bertz CT molecular complexity index is 619. The third-order valence-corrected chi connectivity index (χ3v) is 4.01. The number of allylic oxidation sites excluding steroid dienone is 1. The highest BCUT2D eigenvalue weighted by atomic mass is 16.5. The zero-order valence-corrected chi connectivity index (χ0v) is 14.8. The molecule has 0 saturated carbocycles. The average Bonchev–Trinajstić information content (AvgIpc) is 2.70. The Morgan fingerprint density at radius 1 is 1.27 bits per heavy atom. The molecule has 1 aromatic carbocycles. The highest BCUT2D eigenvalue weighted by Gasteiger charge is 2.36. The van der Waals surface area contributed by atoms with Gasteiger partial charge in [-0.05, 0) is 17.5 Å². The van der Waals surface area contributed by atoms with E-state index < -0.39 is 0 Å². The molecule has 0 radical (unpaired) electrons. The first-order chi connectivity index (χ1) is 10.0. The van der Waals surface area contributed by atoms with Crippen LogP contribution >= 0.6 is 0 Å². The summed E-state index contributed by atoms with van der Waals surface area (Å²) in [5.74, 6) is 0.996. The topological polar surface area (TPSA) is 29.5 Å². The second-order valence-electron chi connectivity index (χ2n) is 7.97. The minimum atomic E-state index is -0.0634. The fraction of sp³-hybridized carbons (Fsp3) is 0.526. The molecule has 3 heteroatoms. The van der Waals surface area contributed by atoms with Crippen LogP contribution in [0.3, 0.4) is 0 Å². The second-order valence-corrected chi connectivity index (χ2v) is 7.97. The van der Waals surface area contributed by atoms with Gasteiger partial charge in [0.1, 0.15) is 5.75 Å². The lowest BCUT2D eigenvalue weighted by Gasteiger charge is -2.23. The lowest BCUT2D eigenvalue weighted by molar-refractivity contribution is 0.104. The molecule has 3 nitrogen and oxygen atoms in total. The summed E-state index contributed by atoms with van der Waals surface area (Å²) >= 11 is 0. The maximum Gasteiger partial charge on any atom is 0.187 e. The van der Waals surface area contributed by atoms with Gasteiger partial charge in [0.2, 0.25) is 0 Å². The minimum Gasteiger partial charge on any atom is -0.492 e. The van der Waals surface area contributed by atoms with E-state index in [9.17, 15) is 4.79 Å². The van der Waals surface area contributed by atoms with E-state index >= 15 is 0 Å². The summed E-state index contributed by atoms with van der Waals surface area (Å²) < 4.78 is 5.97. The summed E-state index contributed by atoms with van der Waals surface area (Å²) in [6.45, 7) is 11.4. The van der Waals surface area contributed by atoms with Crippen LogP contribution in [0, 0.1) is 0 Å². The molecule has 1 aliphatic rings. The number of nitrogens with zero attached hydrogens (tertiary/aromatic N) is 1. The quantitative estimate of drug-likeness (QED) is 0.626. The van der Waals surface area contributed by atoms with Gasteiger partial charge in [0, 0.05) is 48.5 Å². The van der Waals surface area contributed by atoms with E-state index in [2.05, 4.69) is 34.6 Å². The van der Waals surface area contributed by atoms with Gasteiger partial charge in [-0.1, -0.05) is 34.6 Å². The van der Waals surface area contributed by atoms with Crippen LogP contribution in [0.15, 0.2) is 24.4 Å². The van der Waals surface area contributed by atoms with Crippen LogP contribution in [0.25, 0.3) is 0 Å². The van der Waals surface area contributed by atoms with E-state index in [0.717, 1.165) is 22.4 Å². The normalized spacial score (nSPS) is 16.5. The fourth-order valence-electron chi connectivity index (χ4n) is 2.63. The van der Waals surface area contributed by atoms with Gasteiger partial charge in [0.05, 0.1) is 6.61 Å². The zero-order valence-electron chi connectivity index (χ0n) is 14.8. The third kappa shape index (κ3) is 3.18. The lowest BCUT2D eigenvalue weighted by Crippen LogP contribution is -2.19. The molecule has 0 aliphatic carbocycles. The number of fused-ring (bicyclic) bond motifs is 1. The molecule has 1 heterocycles. The van der Waals surface area contributed by atoms with Crippen molar-refractivity contribution in [3.8, 4) is 5.75 Å². The van der Waals surface area contributed by atoms with E-state index in [1.165, 1.54) is 0 Å². The first-order valence-corrected chi connectivity index (χ1v) is 7.73. The number of benzene rings is 1. The monoisotopic (exact) mass is 301 g/mol. The van der Waals surface area contributed by atoms with Gasteiger partial charge in [-0.3, -0.25) is 4.79 Å². The summed E-state index contributed by atoms with van der Waals surface area (Å²) in [5.41, 5.74) is 2.86. The molecule has 0 unspecified atom stereocenters. The molecule has 1 aromatic rings. The molecular weight excluding hydrogens is 274 g/mol. The van der Waals surface area contributed by atoms with Crippen molar-refractivity contribution in [3.63, 3.8) is 0 Å². The number of hydrogen-bond donors (Lipinski definition) is 0. The zero-order chi connectivity index (χ0) is 16.7. The Morgan fingerprint density at radius 2 is 1.91 bits per heavy atom. The van der Waals surface area contributed by atoms with Crippen LogP contribution in [0.2, 0.25) is 0 Å². The maximum atomic E-state index is 12.5. The molecule has 0 fully saturated rings. The standard InChI is InChI=1S/C19H27NO2/c1-18(2,3)14-10-13(16(21)8-9-20(6)7)11-15-17(14)22-12-19(15,4)5/h8-11H,12H2,1-7H3/b9-8+. The molecule has 22 heavy (non-hydrogen) atoms. The largest absolute Gasteiger partial charge is 0.492 e. The number of hydrogen-bond acceptors (Lipinski definition) is 3. The number of rotatable bonds is 3. The molecule has 0 saturated heterocycles. The van der Waals surface area contributed by atoms with E-state index in [0.29, 0.717) is 6.61 Å². The Balaban J connectivity index is 2.57. The van der Waals surface area contributed by atoms with Crippen molar-refractivity contribution in [2.24, 2.45) is 0 Å². The van der Waals surface area contributed by atoms with Gasteiger partial charge in [-0.15, -0.1) is 0 Å². The Hall–Kier alpha value is -1.77. The van der Waals surface area contributed by atoms with Gasteiger partial charge < -0.3 is 9.64 Å². The number of carbonyl (C=O) groups excluding carboxylic acids is 1. The van der Waals surface area contributed by atoms with Crippen LogP contribution in [-0.2, 0) is 10.8 Å². The highest BCUT2D eigenvalue weighted by Crippen LogP contribution is 2.45. The predicted molar refractivity (Wildman–Crippen MR) is 90.8 cm³/mol. The fourth-order valence-corrected chi connectivity index (χ4v) is 2.63. The molecule has 2 rings (SSSR count). The highest BCUT2D eigenvalue weighted by molar-refractivity contribution is 6.05. The van der Waals surface area contributed by atoms with E-state index in [1.807, 2.05) is 31.1 Å². The molecule has 0 bridgehead atoms. The van der Waals surface area contributed by atoms with Gasteiger partial charge in [0.15, 0.2) is 5.78 Å². The molecule has 0 aromatic heterocycles. The Labute approximate surface area is 134 Å². The summed E-state index contributed by atoms with van der Waals surface area (Å²) in [5, 5.41) is 0. The molecule has 0 atom stereocenters. The molecule has 0 spiro atoms. The summed E-state index contributed by atoms with van der Waals surface area (Å²) in [6.07, 6.45) is 3.41. The molecule has 1 aliphatic heterocycles. The van der Waals surface area contributed by atoms with E-state index in [-0.39, 0.29) is 16.6 Å². The van der Waals surface area contributed by atoms with Crippen LogP contribution in [-0.4, -0.2) is 31.4 Å². The lowest BCUT2D eigenvalue weighted by atomic mass is 9.79. The van der Waals surface area contributed by atoms with Gasteiger partial charge in [-0.2, -0.15) is 0 Å². The van der Waals surface area contributed by atoms with Crippen molar-refractivity contribution in [3.05, 3.63) is 41.1 Å². The van der Waals surface area contributed by atoms with Crippen molar-refractivity contribution < 1.29 is 9.53 Å². The van der Waals surface area contributed by atoms with Gasteiger partial charge in [0.25, 0.3) is 0 Å². The smallest absolute Gasteiger partial charge is 0.187 e. The van der Waals surface area contributed by atoms with Crippen LogP contribution < -0.4 is 4.74 Å². The van der Waals surface area contributed by atoms with Crippen LogP contribution in [0.4, 0.5) is 0 Å². The number of ether oxygens (including phenoxy) is 1. The average molecular weight is 301 g/mol. The van der Waals surface area contributed by atoms with Crippen molar-refractivity contribution >= 4 is 5.78 Å². The first kappa shape index (κ1) is 16.6.